The van der Waals surface area contributed by atoms with E-state index in [-0.39, 0.29) is 6.61 Å². The number of hydrogen-bond donors (Lipinski definition) is 1. The Hall–Kier alpha value is 0.608. The Balaban J connectivity index is 2.19. The molecule has 0 saturated heterocycles. The van der Waals surface area contributed by atoms with E-state index in [2.05, 4.69) is 3.39 Å². The normalized spacial score (nSPS) is 8.60. The van der Waals surface area contributed by atoms with Gasteiger partial charge < -0.3 is 0 Å². The molecule has 0 unspecified atom stereocenters. The minimum absolute atomic E-state index is 0.115. The van der Waals surface area contributed by atoms with Crippen molar-refractivity contribution in [1.29, 1.82) is 0 Å². The molecule has 0 atom stereocenters. The average Bonchev–Trinajstić information content (AvgIpc) is 1.41. The Labute approximate surface area is 42.5 Å². The zero-order valence-electron chi connectivity index (χ0n) is 2.59. The van der Waals surface area contributed by atoms with Crippen molar-refractivity contribution >= 4 is 0 Å². The van der Waals surface area contributed by atoms with Crippen LogP contribution in [-0.4, -0.2) is 18.3 Å². The van der Waals surface area contributed by atoms with Gasteiger partial charge >= 0.3 is 41.9 Å². The number of aliphatic hydroxyl groups excluding tert-OH is 1. The second-order valence-corrected chi connectivity index (χ2v) is 1.17. The fourth-order valence-corrected chi connectivity index (χ4v) is 0.236. The van der Waals surface area contributed by atoms with Crippen LogP contribution in [0.4, 0.5) is 0 Å². The first-order chi connectivity index (χ1) is 2.41. The van der Waals surface area contributed by atoms with Gasteiger partial charge in [0.05, 0.1) is 0 Å². The summed E-state index contributed by atoms with van der Waals surface area (Å²) in [4.78, 5) is 0. The molecule has 1 N–H and O–H groups in total. The van der Waals surface area contributed by atoms with Crippen molar-refractivity contribution in [3.05, 3.63) is 0 Å². The van der Waals surface area contributed by atoms with Crippen LogP contribution < -0.4 is 0 Å². The summed E-state index contributed by atoms with van der Waals surface area (Å²) in [7, 11) is 0. The number of aliphatic hydroxyl groups is 1. The van der Waals surface area contributed by atoms with Crippen LogP contribution in [0.2, 0.25) is 0 Å². The quantitative estimate of drug-likeness (QED) is 0.719. The van der Waals surface area contributed by atoms with Gasteiger partial charge in [0, 0.05) is 0 Å². The van der Waals surface area contributed by atoms with Crippen LogP contribution in [0.25, 0.3) is 0 Å². The molecule has 0 fully saturated rings. The molecule has 0 spiro atoms. The fraction of sp³-hybridized carbons (Fsp3) is 1.00. The molecule has 0 aliphatic carbocycles. The van der Waals surface area contributed by atoms with Crippen molar-refractivity contribution < 1.29 is 28.7 Å². The van der Waals surface area contributed by atoms with Gasteiger partial charge in [-0.25, -0.2) is 0 Å². The number of rotatable bonds is 2. The predicted molar refractivity (Wildman–Crippen MR) is 13.0 cm³/mol. The van der Waals surface area contributed by atoms with Gasteiger partial charge in [-0.1, -0.05) is 0 Å². The van der Waals surface area contributed by atoms with Crippen LogP contribution in [0.3, 0.4) is 0 Å². The fourth-order valence-electron chi connectivity index (χ4n) is 0.0289. The maximum absolute atomic E-state index is 7.94. The molecule has 0 bridgehead atoms. The molecule has 0 aliphatic rings. The second-order valence-electron chi connectivity index (χ2n) is 0.519. The molecule has 2 nitrogen and oxygen atoms in total. The van der Waals surface area contributed by atoms with Crippen molar-refractivity contribution in [3.63, 3.8) is 0 Å². The third-order valence-corrected chi connectivity index (χ3v) is 0.620. The van der Waals surface area contributed by atoms with Gasteiger partial charge in [0.15, 0.2) is 0 Å². The standard InChI is InChI=1S/C2H5O2.Pt/c3-1-2-4;/h3H,1-2H2;/q-1;+1. The molecule has 0 heterocycles. The summed E-state index contributed by atoms with van der Waals surface area (Å²) in [6, 6.07) is 0. The summed E-state index contributed by atoms with van der Waals surface area (Å²) >= 11 is 1.71. The maximum atomic E-state index is 7.94. The van der Waals surface area contributed by atoms with Crippen LogP contribution in [0.1, 0.15) is 0 Å². The number of hydrogen-bond acceptors (Lipinski definition) is 2. The van der Waals surface area contributed by atoms with Gasteiger partial charge in [0.1, 0.15) is 0 Å². The van der Waals surface area contributed by atoms with Crippen molar-refractivity contribution in [2.24, 2.45) is 0 Å². The van der Waals surface area contributed by atoms with E-state index < -0.39 is 0 Å². The van der Waals surface area contributed by atoms with Crippen LogP contribution >= 0.6 is 0 Å². The van der Waals surface area contributed by atoms with Gasteiger partial charge in [0.2, 0.25) is 0 Å². The van der Waals surface area contributed by atoms with Crippen LogP contribution in [-0.2, 0) is 23.6 Å². The van der Waals surface area contributed by atoms with Gasteiger partial charge in [-0.15, -0.1) is 0 Å². The Bertz CT molecular complexity index is 15.1. The predicted octanol–water partition coefficient (Wildman–Crippen LogP) is -0.543. The summed E-state index contributed by atoms with van der Waals surface area (Å²) in [6.07, 6.45) is 0. The van der Waals surface area contributed by atoms with Gasteiger partial charge in [-0.3, -0.25) is 0 Å². The molecule has 0 aliphatic heterocycles. The summed E-state index contributed by atoms with van der Waals surface area (Å²) < 4.78 is 4.41. The van der Waals surface area contributed by atoms with E-state index in [9.17, 15) is 0 Å². The minimum atomic E-state index is 0.115. The topological polar surface area (TPSA) is 29.5 Å². The Morgan fingerprint density at radius 2 is 2.40 bits per heavy atom. The summed E-state index contributed by atoms with van der Waals surface area (Å²) in [5, 5.41) is 7.94. The summed E-state index contributed by atoms with van der Waals surface area (Å²) in [6.45, 7) is 0.547. The Morgan fingerprint density at radius 3 is 2.40 bits per heavy atom. The Morgan fingerprint density at radius 1 is 1.80 bits per heavy atom. The average molecular weight is 256 g/mol. The van der Waals surface area contributed by atoms with E-state index in [0.29, 0.717) is 6.61 Å². The monoisotopic (exact) mass is 256 g/mol. The van der Waals surface area contributed by atoms with Crippen LogP contribution in [0, 0.1) is 0 Å². The van der Waals surface area contributed by atoms with Crippen molar-refractivity contribution in [2.45, 2.75) is 0 Å². The molecule has 0 amide bonds. The van der Waals surface area contributed by atoms with Gasteiger partial charge in [-0.05, 0) is 0 Å². The van der Waals surface area contributed by atoms with Gasteiger partial charge in [-0.2, -0.15) is 0 Å². The van der Waals surface area contributed by atoms with E-state index in [1.54, 1.807) is 20.2 Å². The molecular weight excluding hydrogens is 251 g/mol. The molecule has 0 rings (SSSR count). The van der Waals surface area contributed by atoms with Crippen molar-refractivity contribution in [2.75, 3.05) is 13.2 Å². The van der Waals surface area contributed by atoms with E-state index in [4.69, 9.17) is 5.11 Å². The van der Waals surface area contributed by atoms with Crippen LogP contribution in [0.15, 0.2) is 0 Å². The molecule has 0 aromatic heterocycles. The van der Waals surface area contributed by atoms with Crippen molar-refractivity contribution in [3.8, 4) is 0 Å². The molecule has 0 aromatic carbocycles. The molecule has 0 aromatic rings. The molecule has 0 radical (unpaired) electrons. The molecular formula is C2H5O2Pt. The Kier molecular flexibility index (Phi) is 5.17. The molecule has 0 saturated carbocycles. The third kappa shape index (κ3) is 4.61. The van der Waals surface area contributed by atoms with Gasteiger partial charge in [0.25, 0.3) is 0 Å². The zero-order chi connectivity index (χ0) is 4.12. The third-order valence-electron chi connectivity index (χ3n) is 0.156. The van der Waals surface area contributed by atoms with E-state index in [1.807, 2.05) is 0 Å². The van der Waals surface area contributed by atoms with E-state index >= 15 is 0 Å². The first-order valence-corrected chi connectivity index (χ1v) is 2.16. The van der Waals surface area contributed by atoms with Crippen LogP contribution in [0.5, 0.6) is 0 Å². The molecule has 5 heavy (non-hydrogen) atoms. The SMILES string of the molecule is OCC[O][Pt]. The van der Waals surface area contributed by atoms with Crippen molar-refractivity contribution in [1.82, 2.24) is 0 Å². The first-order valence-electron chi connectivity index (χ1n) is 1.23. The zero-order valence-corrected chi connectivity index (χ0v) is 4.86. The van der Waals surface area contributed by atoms with E-state index in [1.165, 1.54) is 0 Å². The summed E-state index contributed by atoms with van der Waals surface area (Å²) in [5.74, 6) is 0. The molecule has 3 heteroatoms. The second kappa shape index (κ2) is 4.61. The molecule has 35 valence electrons. The first kappa shape index (κ1) is 5.61. The summed E-state index contributed by atoms with van der Waals surface area (Å²) in [5.41, 5.74) is 0. The van der Waals surface area contributed by atoms with E-state index in [0.717, 1.165) is 0 Å².